The van der Waals surface area contributed by atoms with E-state index in [0.717, 1.165) is 22.8 Å². The number of nitriles is 1. The summed E-state index contributed by atoms with van der Waals surface area (Å²) in [4.78, 5) is 10.9. The summed E-state index contributed by atoms with van der Waals surface area (Å²) in [7, 11) is 0. The summed E-state index contributed by atoms with van der Waals surface area (Å²) in [6, 6.07) is 11.1. The van der Waals surface area contributed by atoms with Gasteiger partial charge in [-0.05, 0) is 62.7 Å². The molecule has 0 spiro atoms. The van der Waals surface area contributed by atoms with Crippen LogP contribution in [0.25, 0.3) is 11.8 Å². The number of nitrogens with zero attached hydrogens (tertiary/aromatic N) is 2. The van der Waals surface area contributed by atoms with E-state index in [0.29, 0.717) is 12.2 Å². The van der Waals surface area contributed by atoms with Gasteiger partial charge in [0.15, 0.2) is 0 Å². The highest BCUT2D eigenvalue weighted by Crippen LogP contribution is 2.24. The van der Waals surface area contributed by atoms with Crippen molar-refractivity contribution in [3.8, 4) is 17.5 Å². The van der Waals surface area contributed by atoms with E-state index in [1.807, 2.05) is 55.7 Å². The van der Waals surface area contributed by atoms with E-state index in [1.54, 1.807) is 6.07 Å². The third-order valence-electron chi connectivity index (χ3n) is 3.52. The van der Waals surface area contributed by atoms with Gasteiger partial charge in [0.05, 0.1) is 18.1 Å². The van der Waals surface area contributed by atoms with Gasteiger partial charge < -0.3 is 19.2 Å². The van der Waals surface area contributed by atoms with Gasteiger partial charge in [0.2, 0.25) is 0 Å². The van der Waals surface area contributed by atoms with Crippen LogP contribution in [0.2, 0.25) is 0 Å². The maximum absolute atomic E-state index is 10.9. The minimum Gasteiger partial charge on any atom is -0.544 e. The van der Waals surface area contributed by atoms with Crippen molar-refractivity contribution in [2.75, 3.05) is 6.61 Å². The lowest BCUT2D eigenvalue weighted by Gasteiger charge is -2.11. The Labute approximate surface area is 135 Å². The molecule has 0 aliphatic heterocycles. The standard InChI is InChI=1S/C18H18N2O3/c1-4-23-17-7-5-16(6-8-17)20-12(2)9-14(13(20)3)10-15(11-19)18(21)22/h5-10H,4H2,1-3H3,(H,21,22)/p-1/b15-10+. The van der Waals surface area contributed by atoms with Crippen LogP contribution in [-0.2, 0) is 4.79 Å². The molecule has 5 nitrogen and oxygen atoms in total. The van der Waals surface area contributed by atoms with Gasteiger partial charge in [-0.2, -0.15) is 5.26 Å². The normalized spacial score (nSPS) is 11.1. The molecule has 2 aromatic rings. The number of aliphatic carboxylic acids is 1. The Morgan fingerprint density at radius 2 is 2.00 bits per heavy atom. The predicted molar refractivity (Wildman–Crippen MR) is 85.0 cm³/mol. The van der Waals surface area contributed by atoms with Crippen molar-refractivity contribution in [1.82, 2.24) is 4.57 Å². The van der Waals surface area contributed by atoms with Gasteiger partial charge in [-0.15, -0.1) is 0 Å². The highest BCUT2D eigenvalue weighted by Gasteiger charge is 2.10. The Morgan fingerprint density at radius 3 is 2.52 bits per heavy atom. The van der Waals surface area contributed by atoms with E-state index in [2.05, 4.69) is 0 Å². The minimum atomic E-state index is -1.47. The van der Waals surface area contributed by atoms with E-state index in [4.69, 9.17) is 10.00 Å². The molecule has 0 bridgehead atoms. The van der Waals surface area contributed by atoms with Gasteiger partial charge in [-0.1, -0.05) is 0 Å². The molecule has 0 aliphatic rings. The molecule has 1 aromatic heterocycles. The number of ether oxygens (including phenoxy) is 1. The smallest absolute Gasteiger partial charge is 0.119 e. The molecule has 0 saturated carbocycles. The first-order chi connectivity index (χ1) is 11.0. The average Bonchev–Trinajstić information content (AvgIpc) is 2.80. The van der Waals surface area contributed by atoms with Crippen LogP contribution < -0.4 is 9.84 Å². The molecule has 5 heteroatoms. The molecule has 0 saturated heterocycles. The molecule has 23 heavy (non-hydrogen) atoms. The number of carbonyl (C=O) groups is 1. The van der Waals surface area contributed by atoms with Crippen molar-refractivity contribution in [3.63, 3.8) is 0 Å². The van der Waals surface area contributed by atoms with Crippen LogP contribution in [0.1, 0.15) is 23.9 Å². The SMILES string of the molecule is CCOc1ccc(-n2c(C)cc(/C=C(\C#N)C(=O)[O-])c2C)cc1. The summed E-state index contributed by atoms with van der Waals surface area (Å²) < 4.78 is 7.42. The zero-order valence-electron chi connectivity index (χ0n) is 13.3. The summed E-state index contributed by atoms with van der Waals surface area (Å²) in [6.45, 7) is 6.33. The number of carboxylic acid groups (broad SMARTS) is 1. The summed E-state index contributed by atoms with van der Waals surface area (Å²) in [5.41, 5.74) is 3.01. The quantitative estimate of drug-likeness (QED) is 0.626. The first-order valence-corrected chi connectivity index (χ1v) is 7.23. The van der Waals surface area contributed by atoms with E-state index in [1.165, 1.54) is 6.08 Å². The second kappa shape index (κ2) is 6.84. The van der Waals surface area contributed by atoms with Crippen molar-refractivity contribution in [1.29, 1.82) is 5.26 Å². The van der Waals surface area contributed by atoms with Crippen LogP contribution >= 0.6 is 0 Å². The van der Waals surface area contributed by atoms with E-state index in [9.17, 15) is 9.90 Å². The number of aromatic nitrogens is 1. The fourth-order valence-electron chi connectivity index (χ4n) is 2.48. The summed E-state index contributed by atoms with van der Waals surface area (Å²) in [6.07, 6.45) is 1.34. The van der Waals surface area contributed by atoms with Gasteiger partial charge in [0.1, 0.15) is 11.8 Å². The number of rotatable bonds is 5. The zero-order chi connectivity index (χ0) is 17.0. The number of aryl methyl sites for hydroxylation is 1. The Kier molecular flexibility index (Phi) is 4.87. The lowest BCUT2D eigenvalue weighted by Crippen LogP contribution is -2.23. The van der Waals surface area contributed by atoms with Gasteiger partial charge >= 0.3 is 0 Å². The van der Waals surface area contributed by atoms with E-state index in [-0.39, 0.29) is 0 Å². The molecule has 0 aliphatic carbocycles. The highest BCUT2D eigenvalue weighted by molar-refractivity contribution is 5.95. The molecule has 1 heterocycles. The number of benzene rings is 1. The maximum atomic E-state index is 10.9. The fraction of sp³-hybridized carbons (Fsp3) is 0.222. The number of carboxylic acids is 1. The number of carbonyl (C=O) groups excluding carboxylic acids is 1. The molecule has 0 atom stereocenters. The van der Waals surface area contributed by atoms with E-state index >= 15 is 0 Å². The summed E-state index contributed by atoms with van der Waals surface area (Å²) in [5, 5.41) is 19.7. The summed E-state index contributed by atoms with van der Waals surface area (Å²) in [5.74, 6) is -0.680. The maximum Gasteiger partial charge on any atom is 0.119 e. The summed E-state index contributed by atoms with van der Waals surface area (Å²) >= 11 is 0. The highest BCUT2D eigenvalue weighted by atomic mass is 16.5. The molecule has 118 valence electrons. The second-order valence-electron chi connectivity index (χ2n) is 5.05. The number of hydrogen-bond donors (Lipinski definition) is 0. The van der Waals surface area contributed by atoms with Crippen molar-refractivity contribution >= 4 is 12.0 Å². The third-order valence-corrected chi connectivity index (χ3v) is 3.52. The minimum absolute atomic E-state index is 0.392. The molecular weight excluding hydrogens is 292 g/mol. The van der Waals surface area contributed by atoms with Gasteiger partial charge in [-0.25, -0.2) is 0 Å². The van der Waals surface area contributed by atoms with Crippen LogP contribution in [0.4, 0.5) is 0 Å². The lowest BCUT2D eigenvalue weighted by molar-refractivity contribution is -0.298. The molecule has 0 radical (unpaired) electrons. The Bertz CT molecular complexity index is 793. The Morgan fingerprint density at radius 1 is 1.35 bits per heavy atom. The molecule has 0 N–H and O–H groups in total. The number of hydrogen-bond acceptors (Lipinski definition) is 4. The van der Waals surface area contributed by atoms with Crippen molar-refractivity contribution in [3.05, 3.63) is 52.9 Å². The molecule has 0 unspecified atom stereocenters. The topological polar surface area (TPSA) is 78.1 Å². The van der Waals surface area contributed by atoms with Crippen molar-refractivity contribution < 1.29 is 14.6 Å². The molecule has 0 amide bonds. The van der Waals surface area contributed by atoms with Crippen LogP contribution in [-0.4, -0.2) is 17.1 Å². The second-order valence-corrected chi connectivity index (χ2v) is 5.05. The largest absolute Gasteiger partial charge is 0.544 e. The fourth-order valence-corrected chi connectivity index (χ4v) is 2.48. The lowest BCUT2D eigenvalue weighted by atomic mass is 10.1. The monoisotopic (exact) mass is 309 g/mol. The van der Waals surface area contributed by atoms with E-state index < -0.39 is 11.5 Å². The predicted octanol–water partition coefficient (Wildman–Crippen LogP) is 2.15. The van der Waals surface area contributed by atoms with Crippen LogP contribution in [0.3, 0.4) is 0 Å². The van der Waals surface area contributed by atoms with Crippen LogP contribution in [0.15, 0.2) is 35.9 Å². The van der Waals surface area contributed by atoms with Gasteiger partial charge in [0, 0.05) is 17.1 Å². The molecule has 1 aromatic carbocycles. The van der Waals surface area contributed by atoms with Crippen molar-refractivity contribution in [2.24, 2.45) is 0 Å². The van der Waals surface area contributed by atoms with Crippen molar-refractivity contribution in [2.45, 2.75) is 20.8 Å². The first-order valence-electron chi connectivity index (χ1n) is 7.23. The molecule has 2 rings (SSSR count). The Hall–Kier alpha value is -3.00. The average molecular weight is 309 g/mol. The first kappa shape index (κ1) is 16.4. The van der Waals surface area contributed by atoms with Crippen LogP contribution in [0.5, 0.6) is 5.75 Å². The Balaban J connectivity index is 2.46. The molecule has 0 fully saturated rings. The zero-order valence-corrected chi connectivity index (χ0v) is 13.3. The molecular formula is C18H17N2O3-. The van der Waals surface area contributed by atoms with Gasteiger partial charge in [-0.3, -0.25) is 0 Å². The third kappa shape index (κ3) is 3.43. The van der Waals surface area contributed by atoms with Gasteiger partial charge in [0.25, 0.3) is 0 Å². The van der Waals surface area contributed by atoms with Crippen LogP contribution in [0, 0.1) is 25.2 Å².